The van der Waals surface area contributed by atoms with Crippen molar-refractivity contribution in [1.29, 1.82) is 0 Å². The Kier molecular flexibility index (Phi) is 5.69. The zero-order chi connectivity index (χ0) is 13.5. The Labute approximate surface area is 115 Å². The maximum Gasteiger partial charge on any atom is 0.258 e. The number of ether oxygens (including phenoxy) is 1. The van der Waals surface area contributed by atoms with Gasteiger partial charge in [0.25, 0.3) is 5.91 Å². The van der Waals surface area contributed by atoms with Gasteiger partial charge in [-0.15, -0.1) is 6.42 Å². The van der Waals surface area contributed by atoms with E-state index in [4.69, 9.17) is 16.9 Å². The number of carbonyl (C=O) groups is 1. The zero-order valence-corrected chi connectivity index (χ0v) is 11.7. The molecule has 0 saturated carbocycles. The molecule has 3 N–H and O–H groups in total. The SMILES string of the molecule is C#CCNC(=O)COc1ccc(Br)cc1[C@@H](C)N. The fraction of sp³-hybridized carbons (Fsp3) is 0.308. The molecule has 18 heavy (non-hydrogen) atoms. The van der Waals surface area contributed by atoms with E-state index in [1.807, 2.05) is 19.1 Å². The molecule has 5 heteroatoms. The van der Waals surface area contributed by atoms with Crippen molar-refractivity contribution >= 4 is 21.8 Å². The van der Waals surface area contributed by atoms with E-state index >= 15 is 0 Å². The first-order valence-corrected chi connectivity index (χ1v) is 6.22. The van der Waals surface area contributed by atoms with Crippen molar-refractivity contribution in [3.05, 3.63) is 28.2 Å². The lowest BCUT2D eigenvalue weighted by Gasteiger charge is -2.14. The number of nitrogens with two attached hydrogens (primary N) is 1. The first-order chi connectivity index (χ1) is 8.54. The summed E-state index contributed by atoms with van der Waals surface area (Å²) in [7, 11) is 0. The van der Waals surface area contributed by atoms with Crippen LogP contribution in [0.5, 0.6) is 5.75 Å². The average Bonchev–Trinajstić information content (AvgIpc) is 2.34. The number of amides is 1. The van der Waals surface area contributed by atoms with Crippen LogP contribution in [0.4, 0.5) is 0 Å². The third-order valence-corrected chi connectivity index (χ3v) is 2.70. The van der Waals surface area contributed by atoms with Gasteiger partial charge in [-0.05, 0) is 25.1 Å². The average molecular weight is 311 g/mol. The van der Waals surface area contributed by atoms with Gasteiger partial charge in [0.2, 0.25) is 0 Å². The largest absolute Gasteiger partial charge is 0.483 e. The van der Waals surface area contributed by atoms with E-state index < -0.39 is 0 Å². The highest BCUT2D eigenvalue weighted by Gasteiger charge is 2.10. The molecule has 4 nitrogen and oxygen atoms in total. The van der Waals surface area contributed by atoms with Crippen molar-refractivity contribution in [2.75, 3.05) is 13.2 Å². The molecule has 0 fully saturated rings. The molecule has 1 amide bonds. The minimum atomic E-state index is -0.258. The molecular formula is C13H15BrN2O2. The molecule has 1 atom stereocenters. The van der Waals surface area contributed by atoms with Gasteiger partial charge in [0.1, 0.15) is 5.75 Å². The van der Waals surface area contributed by atoms with Gasteiger partial charge >= 0.3 is 0 Å². The highest BCUT2D eigenvalue weighted by atomic mass is 79.9. The summed E-state index contributed by atoms with van der Waals surface area (Å²) >= 11 is 3.37. The van der Waals surface area contributed by atoms with Crippen molar-refractivity contribution in [3.8, 4) is 18.1 Å². The van der Waals surface area contributed by atoms with Gasteiger partial charge in [0.15, 0.2) is 6.61 Å². The molecule has 0 aliphatic rings. The van der Waals surface area contributed by atoms with Crippen LogP contribution in [0.3, 0.4) is 0 Å². The number of rotatable bonds is 5. The third kappa shape index (κ3) is 4.40. The summed E-state index contributed by atoms with van der Waals surface area (Å²) in [6.45, 7) is 1.97. The number of halogens is 1. The zero-order valence-electron chi connectivity index (χ0n) is 10.1. The number of hydrogen-bond donors (Lipinski definition) is 2. The Hall–Kier alpha value is -1.51. The van der Waals surface area contributed by atoms with Crippen LogP contribution in [0.15, 0.2) is 22.7 Å². The van der Waals surface area contributed by atoms with E-state index in [9.17, 15) is 4.79 Å². The van der Waals surface area contributed by atoms with E-state index in [-0.39, 0.29) is 25.1 Å². The second kappa shape index (κ2) is 7.04. The third-order valence-electron chi connectivity index (χ3n) is 2.21. The number of benzene rings is 1. The maximum atomic E-state index is 11.4. The summed E-state index contributed by atoms with van der Waals surface area (Å²) in [6.07, 6.45) is 5.04. The molecule has 0 spiro atoms. The second-order valence-electron chi connectivity index (χ2n) is 3.74. The first kappa shape index (κ1) is 14.6. The van der Waals surface area contributed by atoms with Crippen LogP contribution < -0.4 is 15.8 Å². The van der Waals surface area contributed by atoms with Gasteiger partial charge in [0, 0.05) is 16.1 Å². The molecule has 0 radical (unpaired) electrons. The summed E-state index contributed by atoms with van der Waals surface area (Å²) < 4.78 is 6.35. The Bertz CT molecular complexity index is 467. The molecule has 0 aliphatic heterocycles. The molecule has 0 unspecified atom stereocenters. The van der Waals surface area contributed by atoms with Crippen LogP contribution in [-0.2, 0) is 4.79 Å². The lowest BCUT2D eigenvalue weighted by molar-refractivity contribution is -0.122. The van der Waals surface area contributed by atoms with E-state index in [0.29, 0.717) is 5.75 Å². The van der Waals surface area contributed by atoms with E-state index in [2.05, 4.69) is 27.2 Å². The molecule has 0 aromatic heterocycles. The predicted octanol–water partition coefficient (Wildman–Crippen LogP) is 1.60. The van der Waals surface area contributed by atoms with Gasteiger partial charge in [-0.2, -0.15) is 0 Å². The summed E-state index contributed by atoms with van der Waals surface area (Å²) in [4.78, 5) is 11.4. The molecule has 0 aliphatic carbocycles. The fourth-order valence-corrected chi connectivity index (χ4v) is 1.73. The minimum Gasteiger partial charge on any atom is -0.483 e. The molecule has 0 heterocycles. The first-order valence-electron chi connectivity index (χ1n) is 5.42. The Balaban J connectivity index is 2.67. The smallest absolute Gasteiger partial charge is 0.258 e. The lowest BCUT2D eigenvalue weighted by atomic mass is 10.1. The topological polar surface area (TPSA) is 64.3 Å². The van der Waals surface area contributed by atoms with E-state index in [1.165, 1.54) is 0 Å². The normalized spacial score (nSPS) is 11.4. The predicted molar refractivity (Wildman–Crippen MR) is 74.1 cm³/mol. The summed E-state index contributed by atoms with van der Waals surface area (Å²) in [5.41, 5.74) is 6.68. The van der Waals surface area contributed by atoms with Crippen molar-refractivity contribution in [1.82, 2.24) is 5.32 Å². The molecule has 1 aromatic carbocycles. The minimum absolute atomic E-state index is 0.0803. The van der Waals surface area contributed by atoms with Gasteiger partial charge in [-0.25, -0.2) is 0 Å². The molecule has 0 bridgehead atoms. The van der Waals surface area contributed by atoms with Gasteiger partial charge in [-0.1, -0.05) is 21.9 Å². The monoisotopic (exact) mass is 310 g/mol. The van der Waals surface area contributed by atoms with Crippen molar-refractivity contribution in [2.45, 2.75) is 13.0 Å². The lowest BCUT2D eigenvalue weighted by Crippen LogP contribution is -2.29. The quantitative estimate of drug-likeness (QED) is 0.812. The summed E-state index contributed by atoms with van der Waals surface area (Å²) in [6, 6.07) is 5.31. The molecule has 0 saturated heterocycles. The molecular weight excluding hydrogens is 296 g/mol. The fourth-order valence-electron chi connectivity index (χ4n) is 1.35. The van der Waals surface area contributed by atoms with Gasteiger partial charge < -0.3 is 15.8 Å². The summed E-state index contributed by atoms with van der Waals surface area (Å²) in [5, 5.41) is 2.52. The Morgan fingerprint density at radius 2 is 2.39 bits per heavy atom. The number of hydrogen-bond acceptors (Lipinski definition) is 3. The van der Waals surface area contributed by atoms with Crippen LogP contribution in [-0.4, -0.2) is 19.1 Å². The van der Waals surface area contributed by atoms with Crippen LogP contribution in [0, 0.1) is 12.3 Å². The second-order valence-corrected chi connectivity index (χ2v) is 4.66. The van der Waals surface area contributed by atoms with Crippen molar-refractivity contribution in [3.63, 3.8) is 0 Å². The maximum absolute atomic E-state index is 11.4. The summed E-state index contributed by atoms with van der Waals surface area (Å²) in [5.74, 6) is 2.66. The van der Waals surface area contributed by atoms with E-state index in [1.54, 1.807) is 6.07 Å². The van der Waals surface area contributed by atoms with Crippen LogP contribution >= 0.6 is 15.9 Å². The van der Waals surface area contributed by atoms with Crippen molar-refractivity contribution in [2.24, 2.45) is 5.73 Å². The van der Waals surface area contributed by atoms with Crippen LogP contribution in [0.1, 0.15) is 18.5 Å². The highest BCUT2D eigenvalue weighted by molar-refractivity contribution is 9.10. The molecule has 96 valence electrons. The number of terminal acetylenes is 1. The highest BCUT2D eigenvalue weighted by Crippen LogP contribution is 2.27. The van der Waals surface area contributed by atoms with Gasteiger partial charge in [0.05, 0.1) is 6.54 Å². The standard InChI is InChI=1S/C13H15BrN2O2/c1-3-6-16-13(17)8-18-12-5-4-10(14)7-11(12)9(2)15/h1,4-5,7,9H,6,8,15H2,2H3,(H,16,17)/t9-/m1/s1. The van der Waals surface area contributed by atoms with Crippen molar-refractivity contribution < 1.29 is 9.53 Å². The Morgan fingerprint density at radius 1 is 1.67 bits per heavy atom. The number of carbonyl (C=O) groups excluding carboxylic acids is 1. The Morgan fingerprint density at radius 3 is 3.00 bits per heavy atom. The van der Waals surface area contributed by atoms with Crippen LogP contribution in [0.2, 0.25) is 0 Å². The number of nitrogens with one attached hydrogen (secondary N) is 1. The molecule has 1 aromatic rings. The molecule has 1 rings (SSSR count). The van der Waals surface area contributed by atoms with Gasteiger partial charge in [-0.3, -0.25) is 4.79 Å². The van der Waals surface area contributed by atoms with E-state index in [0.717, 1.165) is 10.0 Å². The van der Waals surface area contributed by atoms with Crippen LogP contribution in [0.25, 0.3) is 0 Å².